The number of benzene rings is 1. The van der Waals surface area contributed by atoms with Gasteiger partial charge >= 0.3 is 5.97 Å². The van der Waals surface area contributed by atoms with Gasteiger partial charge in [-0.1, -0.05) is 63.2 Å². The third kappa shape index (κ3) is 8.39. The zero-order valence-corrected chi connectivity index (χ0v) is 25.4. The summed E-state index contributed by atoms with van der Waals surface area (Å²) in [6, 6.07) is 10.7. The van der Waals surface area contributed by atoms with Gasteiger partial charge in [-0.2, -0.15) is 0 Å². The van der Waals surface area contributed by atoms with Gasteiger partial charge in [0.25, 0.3) is 0 Å². The first-order valence-electron chi connectivity index (χ1n) is 15.2. The van der Waals surface area contributed by atoms with Crippen LogP contribution >= 0.6 is 0 Å². The quantitative estimate of drug-likeness (QED) is 0.180. The summed E-state index contributed by atoms with van der Waals surface area (Å²) >= 11 is 0. The Kier molecular flexibility index (Phi) is 9.57. The van der Waals surface area contributed by atoms with Gasteiger partial charge in [-0.3, -0.25) is 4.79 Å². The molecule has 1 aromatic carbocycles. The van der Waals surface area contributed by atoms with Gasteiger partial charge in [0, 0.05) is 18.4 Å². The van der Waals surface area contributed by atoms with Crippen molar-refractivity contribution >= 4 is 5.97 Å². The molecule has 6 nitrogen and oxygen atoms in total. The zero-order valence-electron chi connectivity index (χ0n) is 25.4. The maximum Gasteiger partial charge on any atom is 0.306 e. The number of rotatable bonds is 14. The van der Waals surface area contributed by atoms with E-state index in [1.165, 1.54) is 43.4 Å². The molecule has 0 unspecified atom stereocenters. The van der Waals surface area contributed by atoms with Crippen molar-refractivity contribution in [2.75, 3.05) is 6.61 Å². The molecule has 216 valence electrons. The highest BCUT2D eigenvalue weighted by molar-refractivity contribution is 5.71. The standard InChI is InChI=1S/C33H51N3O3/c1-23(2)33(6,7)21-25-18-28(19-25)36-31(26-15-16-26)30(34-35-36)27(20-29(37)39-32(3,4)5)14-11-17-38-22-24-12-9-8-10-13-24/h8-10,12-13,23,25-28H,11,14-22H2,1-7H3/t25?,27-,28?/m0/s1. The molecule has 2 fully saturated rings. The van der Waals surface area contributed by atoms with Crippen molar-refractivity contribution in [2.24, 2.45) is 17.3 Å². The number of carbonyl (C=O) groups excluding carboxylic acids is 1. The van der Waals surface area contributed by atoms with Crippen molar-refractivity contribution in [1.82, 2.24) is 15.0 Å². The minimum atomic E-state index is -0.498. The SMILES string of the molecule is CC(C)C(C)(C)CC1CC(n2nnc([C@@H](CCCOCc3ccccc3)CC(=O)OC(C)(C)C)c2C2CC2)C1. The summed E-state index contributed by atoms with van der Waals surface area (Å²) in [6.45, 7) is 16.5. The van der Waals surface area contributed by atoms with E-state index in [4.69, 9.17) is 19.8 Å². The van der Waals surface area contributed by atoms with Crippen molar-refractivity contribution < 1.29 is 14.3 Å². The third-order valence-corrected chi connectivity index (χ3v) is 8.83. The minimum absolute atomic E-state index is 0.000253. The summed E-state index contributed by atoms with van der Waals surface area (Å²) in [4.78, 5) is 12.9. The highest BCUT2D eigenvalue weighted by Crippen LogP contribution is 2.50. The fraction of sp³-hybridized carbons (Fsp3) is 0.727. The van der Waals surface area contributed by atoms with Gasteiger partial charge in [0.1, 0.15) is 5.60 Å². The Balaban J connectivity index is 1.43. The first-order valence-corrected chi connectivity index (χ1v) is 15.2. The van der Waals surface area contributed by atoms with Gasteiger partial charge in [-0.25, -0.2) is 4.68 Å². The lowest BCUT2D eigenvalue weighted by Crippen LogP contribution is -2.33. The van der Waals surface area contributed by atoms with Crippen molar-refractivity contribution in [3.05, 3.63) is 47.3 Å². The molecule has 0 N–H and O–H groups in total. The molecule has 0 spiro atoms. The largest absolute Gasteiger partial charge is 0.460 e. The van der Waals surface area contributed by atoms with Crippen LogP contribution in [0.2, 0.25) is 0 Å². The van der Waals surface area contributed by atoms with Crippen LogP contribution in [0.5, 0.6) is 0 Å². The van der Waals surface area contributed by atoms with Crippen LogP contribution in [0.4, 0.5) is 0 Å². The van der Waals surface area contributed by atoms with Crippen LogP contribution in [0, 0.1) is 17.3 Å². The predicted octanol–water partition coefficient (Wildman–Crippen LogP) is 7.99. The first kappa shape index (κ1) is 29.8. The Morgan fingerprint density at radius 1 is 1.08 bits per heavy atom. The maximum atomic E-state index is 12.9. The molecule has 0 amide bonds. The average Bonchev–Trinajstić information content (AvgIpc) is 3.58. The monoisotopic (exact) mass is 537 g/mol. The molecule has 2 saturated carbocycles. The number of ether oxygens (including phenoxy) is 2. The molecule has 39 heavy (non-hydrogen) atoms. The Labute approximate surface area is 236 Å². The molecule has 6 heteroatoms. The number of aromatic nitrogens is 3. The minimum Gasteiger partial charge on any atom is -0.460 e. The van der Waals surface area contributed by atoms with Crippen LogP contribution in [0.1, 0.15) is 135 Å². The van der Waals surface area contributed by atoms with Gasteiger partial charge in [0.15, 0.2) is 0 Å². The van der Waals surface area contributed by atoms with E-state index in [-0.39, 0.29) is 11.9 Å². The van der Waals surface area contributed by atoms with Crippen LogP contribution in [0.15, 0.2) is 30.3 Å². The molecule has 0 saturated heterocycles. The molecule has 0 aliphatic heterocycles. The number of esters is 1. The van der Waals surface area contributed by atoms with Crippen LogP contribution in [0.25, 0.3) is 0 Å². The van der Waals surface area contributed by atoms with E-state index in [9.17, 15) is 4.79 Å². The fourth-order valence-electron chi connectivity index (χ4n) is 5.79. The molecule has 4 rings (SSSR count). The Bertz CT molecular complexity index is 1060. The van der Waals surface area contributed by atoms with Gasteiger partial charge < -0.3 is 9.47 Å². The first-order chi connectivity index (χ1) is 18.4. The highest BCUT2D eigenvalue weighted by atomic mass is 16.6. The number of carbonyl (C=O) groups is 1. The molecule has 1 heterocycles. The number of hydrogen-bond donors (Lipinski definition) is 0. The third-order valence-electron chi connectivity index (χ3n) is 8.83. The van der Waals surface area contributed by atoms with Crippen LogP contribution in [-0.2, 0) is 20.9 Å². The van der Waals surface area contributed by atoms with E-state index >= 15 is 0 Å². The van der Waals surface area contributed by atoms with Crippen molar-refractivity contribution in [1.29, 1.82) is 0 Å². The van der Waals surface area contributed by atoms with Gasteiger partial charge in [0.05, 0.1) is 30.5 Å². The molecule has 1 aromatic heterocycles. The predicted molar refractivity (Wildman–Crippen MR) is 156 cm³/mol. The zero-order chi connectivity index (χ0) is 28.2. The lowest BCUT2D eigenvalue weighted by molar-refractivity contribution is -0.155. The Morgan fingerprint density at radius 2 is 1.77 bits per heavy atom. The summed E-state index contributed by atoms with van der Waals surface area (Å²) in [5, 5.41) is 9.50. The van der Waals surface area contributed by atoms with Gasteiger partial charge in [-0.15, -0.1) is 5.10 Å². The van der Waals surface area contributed by atoms with Crippen molar-refractivity contribution in [3.63, 3.8) is 0 Å². The Morgan fingerprint density at radius 3 is 2.38 bits per heavy atom. The lowest BCUT2D eigenvalue weighted by atomic mass is 9.67. The summed E-state index contributed by atoms with van der Waals surface area (Å²) in [5.41, 5.74) is 3.36. The summed E-state index contributed by atoms with van der Waals surface area (Å²) in [5.74, 6) is 1.80. The van der Waals surface area contributed by atoms with E-state index in [0.717, 1.165) is 24.5 Å². The summed E-state index contributed by atoms with van der Waals surface area (Å²) in [7, 11) is 0. The van der Waals surface area contributed by atoms with E-state index < -0.39 is 5.60 Å². The molecule has 1 atom stereocenters. The molecule has 0 radical (unpaired) electrons. The lowest BCUT2D eigenvalue weighted by Gasteiger charge is -2.42. The molecule has 2 aliphatic carbocycles. The molecule has 2 aliphatic rings. The smallest absolute Gasteiger partial charge is 0.306 e. The van der Waals surface area contributed by atoms with E-state index in [2.05, 4.69) is 44.5 Å². The van der Waals surface area contributed by atoms with Crippen molar-refractivity contribution in [3.8, 4) is 0 Å². The van der Waals surface area contributed by atoms with Crippen LogP contribution in [0.3, 0.4) is 0 Å². The maximum absolute atomic E-state index is 12.9. The van der Waals surface area contributed by atoms with Crippen LogP contribution < -0.4 is 0 Å². The summed E-state index contributed by atoms with van der Waals surface area (Å²) in [6.07, 6.45) is 8.06. The molecule has 0 bridgehead atoms. The van der Waals surface area contributed by atoms with E-state index in [0.29, 0.717) is 42.9 Å². The molecular weight excluding hydrogens is 486 g/mol. The number of nitrogens with zero attached hydrogens (tertiary/aromatic N) is 3. The molecular formula is C33H51N3O3. The topological polar surface area (TPSA) is 66.2 Å². The second-order valence-corrected chi connectivity index (χ2v) is 14.1. The number of hydrogen-bond acceptors (Lipinski definition) is 5. The van der Waals surface area contributed by atoms with Gasteiger partial charge in [-0.05, 0) is 88.5 Å². The van der Waals surface area contributed by atoms with E-state index in [1.54, 1.807) is 0 Å². The fourth-order valence-corrected chi connectivity index (χ4v) is 5.79. The van der Waals surface area contributed by atoms with Gasteiger partial charge in [0.2, 0.25) is 0 Å². The van der Waals surface area contributed by atoms with Crippen LogP contribution in [-0.4, -0.2) is 33.2 Å². The second kappa shape index (κ2) is 12.5. The normalized spacial score (nSPS) is 20.6. The average molecular weight is 538 g/mol. The van der Waals surface area contributed by atoms with Crippen molar-refractivity contribution in [2.45, 2.75) is 130 Å². The Hall–Kier alpha value is -2.21. The highest BCUT2D eigenvalue weighted by Gasteiger charge is 2.41. The van der Waals surface area contributed by atoms with E-state index in [1.807, 2.05) is 39.0 Å². The second-order valence-electron chi connectivity index (χ2n) is 14.1. The summed E-state index contributed by atoms with van der Waals surface area (Å²) < 4.78 is 13.9. The molecule has 2 aromatic rings.